The molecule has 9 nitrogen and oxygen atoms in total. The number of piperidine rings is 1. The minimum atomic E-state index is -4.06. The predicted octanol–water partition coefficient (Wildman–Crippen LogP) is 3.43. The number of carbonyl (C=O) groups excluding carboxylic acids is 1. The van der Waals surface area contributed by atoms with E-state index in [2.05, 4.69) is 6.07 Å². The summed E-state index contributed by atoms with van der Waals surface area (Å²) in [5.74, 6) is -0.454. The van der Waals surface area contributed by atoms with Crippen LogP contribution < -0.4 is 4.90 Å². The SMILES string of the molecule is CCN(CC)C(=O)[C@H]1CCCN(S(=O)(=O)c2cc([N+](=O)[O-])ccc2N2CCc3ccccc3C2)C1. The molecule has 0 bridgehead atoms. The smallest absolute Gasteiger partial charge is 0.270 e. The summed E-state index contributed by atoms with van der Waals surface area (Å²) in [6.07, 6.45) is 1.96. The number of fused-ring (bicyclic) bond motifs is 1. The molecule has 0 aliphatic carbocycles. The van der Waals surface area contributed by atoms with Crippen LogP contribution in [-0.4, -0.2) is 61.2 Å². The Hall–Kier alpha value is -2.98. The van der Waals surface area contributed by atoms with Crippen molar-refractivity contribution in [2.45, 2.75) is 44.6 Å². The van der Waals surface area contributed by atoms with E-state index in [1.165, 1.54) is 22.0 Å². The second-order valence-corrected chi connectivity index (χ2v) is 11.0. The number of rotatable bonds is 7. The highest BCUT2D eigenvalue weighted by molar-refractivity contribution is 7.89. The molecule has 2 aliphatic rings. The fourth-order valence-corrected chi connectivity index (χ4v) is 6.84. The van der Waals surface area contributed by atoms with Gasteiger partial charge in [-0.1, -0.05) is 24.3 Å². The summed E-state index contributed by atoms with van der Waals surface area (Å²) in [5.41, 5.74) is 2.53. The highest BCUT2D eigenvalue weighted by atomic mass is 32.2. The van der Waals surface area contributed by atoms with Crippen LogP contribution >= 0.6 is 0 Å². The third-order valence-corrected chi connectivity index (χ3v) is 8.95. The molecule has 0 unspecified atom stereocenters. The summed E-state index contributed by atoms with van der Waals surface area (Å²) in [6, 6.07) is 12.1. The Morgan fingerprint density at radius 3 is 2.51 bits per heavy atom. The molecule has 2 aromatic carbocycles. The van der Waals surface area contributed by atoms with Crippen LogP contribution in [0.25, 0.3) is 0 Å². The highest BCUT2D eigenvalue weighted by Crippen LogP contribution is 2.36. The normalized spacial score (nSPS) is 18.7. The van der Waals surface area contributed by atoms with Gasteiger partial charge in [0.25, 0.3) is 5.69 Å². The number of carbonyl (C=O) groups is 1. The molecule has 2 aliphatic heterocycles. The maximum Gasteiger partial charge on any atom is 0.270 e. The molecule has 2 heterocycles. The number of hydrogen-bond acceptors (Lipinski definition) is 6. The first-order valence-electron chi connectivity index (χ1n) is 12.1. The molecule has 1 fully saturated rings. The number of amides is 1. The molecule has 0 spiro atoms. The summed E-state index contributed by atoms with van der Waals surface area (Å²) < 4.78 is 29.1. The number of non-ortho nitro benzene ring substituents is 1. The van der Waals surface area contributed by atoms with Gasteiger partial charge in [-0.2, -0.15) is 4.31 Å². The van der Waals surface area contributed by atoms with Crippen molar-refractivity contribution < 1.29 is 18.1 Å². The van der Waals surface area contributed by atoms with Gasteiger partial charge in [-0.15, -0.1) is 0 Å². The lowest BCUT2D eigenvalue weighted by atomic mass is 9.98. The Kier molecular flexibility index (Phi) is 7.42. The monoisotopic (exact) mass is 500 g/mol. The van der Waals surface area contributed by atoms with Crippen molar-refractivity contribution in [2.24, 2.45) is 5.92 Å². The van der Waals surface area contributed by atoms with Crippen molar-refractivity contribution in [3.05, 3.63) is 63.7 Å². The van der Waals surface area contributed by atoms with Gasteiger partial charge in [0.2, 0.25) is 15.9 Å². The maximum atomic E-state index is 13.9. The van der Waals surface area contributed by atoms with Gasteiger partial charge in [0.15, 0.2) is 0 Å². The average molecular weight is 501 g/mol. The summed E-state index contributed by atoms with van der Waals surface area (Å²) in [7, 11) is -4.06. The van der Waals surface area contributed by atoms with Crippen LogP contribution in [-0.2, 0) is 27.8 Å². The van der Waals surface area contributed by atoms with Gasteiger partial charge in [0.05, 0.1) is 16.5 Å². The number of sulfonamides is 1. The molecule has 188 valence electrons. The van der Waals surface area contributed by atoms with Gasteiger partial charge in [-0.05, 0) is 50.3 Å². The van der Waals surface area contributed by atoms with E-state index in [-0.39, 0.29) is 29.6 Å². The molecule has 0 N–H and O–H groups in total. The largest absolute Gasteiger partial charge is 0.366 e. The zero-order chi connectivity index (χ0) is 25.2. The summed E-state index contributed by atoms with van der Waals surface area (Å²) in [5, 5.41) is 11.5. The number of benzene rings is 2. The Labute approximate surface area is 206 Å². The molecule has 1 saturated heterocycles. The summed E-state index contributed by atoms with van der Waals surface area (Å²) in [4.78, 5) is 27.5. The van der Waals surface area contributed by atoms with Crippen LogP contribution in [0.4, 0.5) is 11.4 Å². The third kappa shape index (κ3) is 5.04. The molecular formula is C25H32N4O5S. The Morgan fingerprint density at radius 2 is 1.83 bits per heavy atom. The van der Waals surface area contributed by atoms with Crippen molar-refractivity contribution in [2.75, 3.05) is 37.6 Å². The fraction of sp³-hybridized carbons (Fsp3) is 0.480. The zero-order valence-corrected chi connectivity index (χ0v) is 21.0. The van der Waals surface area contributed by atoms with Gasteiger partial charge >= 0.3 is 0 Å². The van der Waals surface area contributed by atoms with Gasteiger partial charge in [0.1, 0.15) is 4.90 Å². The van der Waals surface area contributed by atoms with E-state index >= 15 is 0 Å². The van der Waals surface area contributed by atoms with E-state index in [4.69, 9.17) is 0 Å². The lowest BCUT2D eigenvalue weighted by molar-refractivity contribution is -0.385. The fourth-order valence-electron chi connectivity index (χ4n) is 5.08. The molecule has 0 saturated carbocycles. The number of nitro groups is 1. The minimum absolute atomic E-state index is 0.0400. The second-order valence-electron chi connectivity index (χ2n) is 9.06. The highest BCUT2D eigenvalue weighted by Gasteiger charge is 2.37. The van der Waals surface area contributed by atoms with E-state index in [1.807, 2.05) is 36.9 Å². The van der Waals surface area contributed by atoms with Gasteiger partial charge in [0, 0.05) is 51.4 Å². The molecule has 0 radical (unpaired) electrons. The van der Waals surface area contributed by atoms with Crippen LogP contribution in [0.2, 0.25) is 0 Å². The average Bonchev–Trinajstić information content (AvgIpc) is 2.88. The third-order valence-electron chi connectivity index (χ3n) is 7.05. The topological polar surface area (TPSA) is 104 Å². The first kappa shape index (κ1) is 25.1. The zero-order valence-electron chi connectivity index (χ0n) is 20.2. The Morgan fingerprint density at radius 1 is 1.11 bits per heavy atom. The molecule has 0 aromatic heterocycles. The van der Waals surface area contributed by atoms with Crippen molar-refractivity contribution in [1.82, 2.24) is 9.21 Å². The Bertz CT molecular complexity index is 1210. The molecule has 1 atom stereocenters. The van der Waals surface area contributed by atoms with Crippen molar-refractivity contribution in [3.63, 3.8) is 0 Å². The second kappa shape index (κ2) is 10.3. The van der Waals surface area contributed by atoms with E-state index in [9.17, 15) is 23.3 Å². The first-order chi connectivity index (χ1) is 16.8. The van der Waals surface area contributed by atoms with Crippen molar-refractivity contribution in [1.29, 1.82) is 0 Å². The van der Waals surface area contributed by atoms with Crippen LogP contribution in [0.5, 0.6) is 0 Å². The van der Waals surface area contributed by atoms with E-state index < -0.39 is 20.9 Å². The molecule has 4 rings (SSSR count). The summed E-state index contributed by atoms with van der Waals surface area (Å²) in [6.45, 7) is 6.47. The number of anilines is 1. The van der Waals surface area contributed by atoms with Crippen LogP contribution in [0.3, 0.4) is 0 Å². The molecule has 35 heavy (non-hydrogen) atoms. The number of hydrogen-bond donors (Lipinski definition) is 0. The summed E-state index contributed by atoms with van der Waals surface area (Å²) >= 11 is 0. The van der Waals surface area contributed by atoms with Crippen LogP contribution in [0, 0.1) is 16.0 Å². The van der Waals surface area contributed by atoms with E-state index in [0.717, 1.165) is 12.0 Å². The van der Waals surface area contributed by atoms with E-state index in [1.54, 1.807) is 11.0 Å². The van der Waals surface area contributed by atoms with Crippen molar-refractivity contribution >= 4 is 27.3 Å². The lowest BCUT2D eigenvalue weighted by Crippen LogP contribution is -2.47. The molecule has 1 amide bonds. The number of nitrogens with zero attached hydrogens (tertiary/aromatic N) is 4. The van der Waals surface area contributed by atoms with Crippen molar-refractivity contribution in [3.8, 4) is 0 Å². The minimum Gasteiger partial charge on any atom is -0.366 e. The molecule has 10 heteroatoms. The molecule has 2 aromatic rings. The standard InChI is InChI=1S/C25H32N4O5S/c1-3-26(4-2)25(30)21-10-7-14-28(18-21)35(33,34)24-16-22(29(31)32)11-12-23(24)27-15-13-19-8-5-6-9-20(19)17-27/h5-6,8-9,11-12,16,21H,3-4,7,10,13-15,17-18H2,1-2H3/t21-/m0/s1. The number of nitro benzene ring substituents is 1. The van der Waals surface area contributed by atoms with Gasteiger partial charge in [-0.25, -0.2) is 8.42 Å². The van der Waals surface area contributed by atoms with Gasteiger partial charge < -0.3 is 9.80 Å². The molecular weight excluding hydrogens is 468 g/mol. The van der Waals surface area contributed by atoms with E-state index in [0.29, 0.717) is 44.7 Å². The van der Waals surface area contributed by atoms with Crippen LogP contribution in [0.15, 0.2) is 47.4 Å². The first-order valence-corrected chi connectivity index (χ1v) is 13.6. The quantitative estimate of drug-likeness (QED) is 0.426. The van der Waals surface area contributed by atoms with Gasteiger partial charge in [-0.3, -0.25) is 14.9 Å². The lowest BCUT2D eigenvalue weighted by Gasteiger charge is -2.36. The maximum absolute atomic E-state index is 13.9. The predicted molar refractivity (Wildman–Crippen MR) is 134 cm³/mol. The Balaban J connectivity index is 1.69. The van der Waals surface area contributed by atoms with Crippen LogP contribution in [0.1, 0.15) is 37.8 Å².